The molecule has 2 aliphatic rings. The molecule has 0 N–H and O–H groups in total. The van der Waals surface area contributed by atoms with Crippen molar-refractivity contribution in [2.45, 2.75) is 58.2 Å². The fourth-order valence-corrected chi connectivity index (χ4v) is 4.48. The van der Waals surface area contributed by atoms with Crippen LogP contribution in [-0.2, 0) is 4.74 Å². The molecule has 0 aromatic heterocycles. The Balaban J connectivity index is 1.47. The van der Waals surface area contributed by atoms with Crippen LogP contribution in [0.15, 0.2) is 24.3 Å². The van der Waals surface area contributed by atoms with Crippen LogP contribution in [0.3, 0.4) is 0 Å². The molecule has 2 heterocycles. The van der Waals surface area contributed by atoms with Crippen molar-refractivity contribution in [2.24, 2.45) is 5.92 Å². The fraction of sp³-hybridized carbons (Fsp3) is 0.714. The number of ether oxygens (including phenoxy) is 2. The van der Waals surface area contributed by atoms with Gasteiger partial charge < -0.3 is 9.47 Å². The van der Waals surface area contributed by atoms with Crippen molar-refractivity contribution in [1.82, 2.24) is 9.80 Å². The Morgan fingerprint density at radius 2 is 1.64 bits per heavy atom. The van der Waals surface area contributed by atoms with Gasteiger partial charge in [0.1, 0.15) is 5.75 Å². The fourth-order valence-electron chi connectivity index (χ4n) is 4.48. The third kappa shape index (κ3) is 6.09. The SMILES string of the molecule is CC1CN(CC2CCN(C(C)c3ccc(OC(F)(F)F)cc3)CC2)CC(C)O1. The van der Waals surface area contributed by atoms with Gasteiger partial charge in [-0.05, 0) is 70.3 Å². The Bertz CT molecular complexity index is 605. The van der Waals surface area contributed by atoms with Crippen LogP contribution < -0.4 is 4.74 Å². The number of nitrogens with zero attached hydrogens (tertiary/aromatic N) is 2. The average molecular weight is 400 g/mol. The number of alkyl halides is 3. The van der Waals surface area contributed by atoms with E-state index in [9.17, 15) is 13.2 Å². The molecule has 4 nitrogen and oxygen atoms in total. The first-order chi connectivity index (χ1) is 13.2. The van der Waals surface area contributed by atoms with Gasteiger partial charge in [0.15, 0.2) is 0 Å². The molecule has 3 atom stereocenters. The molecule has 3 unspecified atom stereocenters. The lowest BCUT2D eigenvalue weighted by atomic mass is 9.93. The van der Waals surface area contributed by atoms with Crippen LogP contribution in [0.1, 0.15) is 45.2 Å². The Morgan fingerprint density at radius 3 is 2.18 bits per heavy atom. The minimum Gasteiger partial charge on any atom is -0.406 e. The maximum absolute atomic E-state index is 12.3. The van der Waals surface area contributed by atoms with Crippen molar-refractivity contribution in [3.05, 3.63) is 29.8 Å². The van der Waals surface area contributed by atoms with Crippen LogP contribution in [0, 0.1) is 5.92 Å². The number of halogens is 3. The summed E-state index contributed by atoms with van der Waals surface area (Å²) in [6.45, 7) is 11.6. The minimum atomic E-state index is -4.65. The Kier molecular flexibility index (Phi) is 6.89. The lowest BCUT2D eigenvalue weighted by Crippen LogP contribution is -2.48. The second kappa shape index (κ2) is 9.01. The van der Waals surface area contributed by atoms with Gasteiger partial charge in [0.05, 0.1) is 12.2 Å². The molecule has 0 aliphatic carbocycles. The summed E-state index contributed by atoms with van der Waals surface area (Å²) < 4.78 is 46.7. The molecule has 1 aromatic carbocycles. The third-order valence-electron chi connectivity index (χ3n) is 5.80. The van der Waals surface area contributed by atoms with E-state index in [0.29, 0.717) is 18.1 Å². The molecule has 0 radical (unpaired) electrons. The van der Waals surface area contributed by atoms with Gasteiger partial charge >= 0.3 is 6.36 Å². The van der Waals surface area contributed by atoms with Crippen LogP contribution in [0.2, 0.25) is 0 Å². The van der Waals surface area contributed by atoms with Crippen molar-refractivity contribution in [1.29, 1.82) is 0 Å². The molecule has 1 aromatic rings. The molecular formula is C21H31F3N2O2. The monoisotopic (exact) mass is 400 g/mol. The first kappa shape index (κ1) is 21.4. The van der Waals surface area contributed by atoms with Crippen LogP contribution in [0.25, 0.3) is 0 Å². The molecule has 0 amide bonds. The first-order valence-electron chi connectivity index (χ1n) is 10.2. The van der Waals surface area contributed by atoms with Gasteiger partial charge in [0.25, 0.3) is 0 Å². The average Bonchev–Trinajstić information content (AvgIpc) is 2.60. The van der Waals surface area contributed by atoms with Crippen molar-refractivity contribution >= 4 is 0 Å². The Labute approximate surface area is 165 Å². The van der Waals surface area contributed by atoms with Crippen LogP contribution in [-0.4, -0.2) is 61.1 Å². The van der Waals surface area contributed by atoms with E-state index < -0.39 is 6.36 Å². The molecule has 0 saturated carbocycles. The van der Waals surface area contributed by atoms with Crippen molar-refractivity contribution in [3.8, 4) is 5.75 Å². The predicted octanol–water partition coefficient (Wildman–Crippen LogP) is 4.47. The van der Waals surface area contributed by atoms with E-state index in [4.69, 9.17) is 4.74 Å². The summed E-state index contributed by atoms with van der Waals surface area (Å²) in [4.78, 5) is 4.95. The highest BCUT2D eigenvalue weighted by atomic mass is 19.4. The molecular weight excluding hydrogens is 369 g/mol. The number of piperidine rings is 1. The predicted molar refractivity (Wildman–Crippen MR) is 102 cm³/mol. The number of rotatable bonds is 5. The standard InChI is InChI=1S/C21H31F3N2O2/c1-15-12-25(13-16(2)27-15)14-18-8-10-26(11-9-18)17(3)19-4-6-20(7-5-19)28-21(22,23)24/h4-7,15-18H,8-14H2,1-3H3. The van der Waals surface area contributed by atoms with Crippen LogP contribution in [0.5, 0.6) is 5.75 Å². The van der Waals surface area contributed by atoms with E-state index in [1.165, 1.54) is 12.1 Å². The smallest absolute Gasteiger partial charge is 0.406 e. The summed E-state index contributed by atoms with van der Waals surface area (Å²) in [7, 11) is 0. The van der Waals surface area contributed by atoms with Crippen molar-refractivity contribution in [2.75, 3.05) is 32.7 Å². The largest absolute Gasteiger partial charge is 0.573 e. The molecule has 2 fully saturated rings. The molecule has 0 spiro atoms. The molecule has 158 valence electrons. The maximum Gasteiger partial charge on any atom is 0.573 e. The van der Waals surface area contributed by atoms with E-state index in [0.717, 1.165) is 51.1 Å². The second-order valence-electron chi connectivity index (χ2n) is 8.25. The zero-order valence-electron chi connectivity index (χ0n) is 16.9. The Hall–Kier alpha value is -1.31. The van der Waals surface area contributed by atoms with E-state index in [1.807, 2.05) is 0 Å². The van der Waals surface area contributed by atoms with Gasteiger partial charge in [-0.3, -0.25) is 9.80 Å². The summed E-state index contributed by atoms with van der Waals surface area (Å²) in [5, 5.41) is 0. The summed E-state index contributed by atoms with van der Waals surface area (Å²) in [6.07, 6.45) is -1.74. The number of hydrogen-bond donors (Lipinski definition) is 0. The lowest BCUT2D eigenvalue weighted by Gasteiger charge is -2.40. The van der Waals surface area contributed by atoms with E-state index in [1.54, 1.807) is 12.1 Å². The number of morpholine rings is 1. The van der Waals surface area contributed by atoms with Gasteiger partial charge in [-0.1, -0.05) is 12.1 Å². The number of hydrogen-bond acceptors (Lipinski definition) is 4. The van der Waals surface area contributed by atoms with E-state index in [2.05, 4.69) is 35.3 Å². The highest BCUT2D eigenvalue weighted by Gasteiger charge is 2.31. The molecule has 7 heteroatoms. The van der Waals surface area contributed by atoms with Gasteiger partial charge in [-0.15, -0.1) is 13.2 Å². The van der Waals surface area contributed by atoms with E-state index >= 15 is 0 Å². The third-order valence-corrected chi connectivity index (χ3v) is 5.80. The second-order valence-corrected chi connectivity index (χ2v) is 8.25. The summed E-state index contributed by atoms with van der Waals surface area (Å²) in [6, 6.07) is 6.44. The molecule has 0 bridgehead atoms. The summed E-state index contributed by atoms with van der Waals surface area (Å²) in [5.74, 6) is 0.527. The Morgan fingerprint density at radius 1 is 1.07 bits per heavy atom. The van der Waals surface area contributed by atoms with Crippen LogP contribution >= 0.6 is 0 Å². The zero-order valence-corrected chi connectivity index (χ0v) is 16.9. The first-order valence-corrected chi connectivity index (χ1v) is 10.2. The lowest BCUT2D eigenvalue weighted by molar-refractivity contribution is -0.274. The number of likely N-dealkylation sites (tertiary alicyclic amines) is 1. The topological polar surface area (TPSA) is 24.9 Å². The van der Waals surface area contributed by atoms with E-state index in [-0.39, 0.29) is 11.8 Å². The minimum absolute atomic E-state index is 0.170. The quantitative estimate of drug-likeness (QED) is 0.728. The van der Waals surface area contributed by atoms with Crippen molar-refractivity contribution < 1.29 is 22.6 Å². The van der Waals surface area contributed by atoms with Crippen LogP contribution in [0.4, 0.5) is 13.2 Å². The maximum atomic E-state index is 12.3. The zero-order chi connectivity index (χ0) is 20.3. The van der Waals surface area contributed by atoms with Gasteiger partial charge in [-0.25, -0.2) is 0 Å². The van der Waals surface area contributed by atoms with Gasteiger partial charge in [0.2, 0.25) is 0 Å². The molecule has 2 saturated heterocycles. The molecule has 28 heavy (non-hydrogen) atoms. The number of benzene rings is 1. The normalized spacial score (nSPS) is 26.9. The highest BCUT2D eigenvalue weighted by molar-refractivity contribution is 5.29. The molecule has 2 aliphatic heterocycles. The van der Waals surface area contributed by atoms with Gasteiger partial charge in [-0.2, -0.15) is 0 Å². The summed E-state index contributed by atoms with van der Waals surface area (Å²) in [5.41, 5.74) is 1.02. The highest BCUT2D eigenvalue weighted by Crippen LogP contribution is 2.30. The molecule has 3 rings (SSSR count). The van der Waals surface area contributed by atoms with Crippen molar-refractivity contribution in [3.63, 3.8) is 0 Å². The summed E-state index contributed by atoms with van der Waals surface area (Å²) >= 11 is 0. The van der Waals surface area contributed by atoms with Gasteiger partial charge in [0, 0.05) is 25.7 Å².